The van der Waals surface area contributed by atoms with Crippen LogP contribution in [0.5, 0.6) is 0 Å². The lowest BCUT2D eigenvalue weighted by Crippen LogP contribution is -2.12. The molecule has 6 nitrogen and oxygen atoms in total. The standard InChI is InChI=1S/C24H22N4O2/c1-16-12-23(24(25)30)27-28(16)22-8-4-18(5-9-22)13-17-2-6-19(7-3-17)20-10-11-26-21(14-20)15-29/h2-12,14,29H,13,15H2,1H3,(H2,25,30). The molecule has 0 aliphatic heterocycles. The second-order valence-corrected chi connectivity index (χ2v) is 7.18. The van der Waals surface area contributed by atoms with Gasteiger partial charge in [-0.3, -0.25) is 9.78 Å². The molecule has 1 amide bonds. The SMILES string of the molecule is Cc1cc(C(N)=O)nn1-c1ccc(Cc2ccc(-c3ccnc(CO)c3)cc2)cc1. The highest BCUT2D eigenvalue weighted by Crippen LogP contribution is 2.22. The van der Waals surface area contributed by atoms with Crippen LogP contribution in [-0.2, 0) is 13.0 Å². The molecule has 30 heavy (non-hydrogen) atoms. The fourth-order valence-electron chi connectivity index (χ4n) is 3.41. The predicted molar refractivity (Wildman–Crippen MR) is 115 cm³/mol. The first kappa shape index (κ1) is 19.5. The first-order valence-corrected chi connectivity index (χ1v) is 9.64. The van der Waals surface area contributed by atoms with Crippen LogP contribution < -0.4 is 5.73 Å². The molecule has 0 atom stereocenters. The van der Waals surface area contributed by atoms with Gasteiger partial charge in [-0.25, -0.2) is 4.68 Å². The molecule has 0 unspecified atom stereocenters. The average Bonchev–Trinajstić information content (AvgIpc) is 3.17. The lowest BCUT2D eigenvalue weighted by Gasteiger charge is -2.08. The predicted octanol–water partition coefficient (Wildman–Crippen LogP) is 3.42. The van der Waals surface area contributed by atoms with Gasteiger partial charge in [-0.2, -0.15) is 5.10 Å². The van der Waals surface area contributed by atoms with Crippen LogP contribution in [-0.4, -0.2) is 25.8 Å². The molecule has 0 saturated carbocycles. The summed E-state index contributed by atoms with van der Waals surface area (Å²) < 4.78 is 1.72. The molecule has 0 spiro atoms. The van der Waals surface area contributed by atoms with Crippen molar-refractivity contribution in [3.8, 4) is 16.8 Å². The van der Waals surface area contributed by atoms with E-state index in [4.69, 9.17) is 5.73 Å². The number of nitrogens with zero attached hydrogens (tertiary/aromatic N) is 3. The molecule has 150 valence electrons. The monoisotopic (exact) mass is 398 g/mol. The highest BCUT2D eigenvalue weighted by atomic mass is 16.3. The number of aromatic nitrogens is 3. The van der Waals surface area contributed by atoms with E-state index in [1.807, 2.05) is 31.2 Å². The maximum Gasteiger partial charge on any atom is 0.269 e. The van der Waals surface area contributed by atoms with E-state index in [1.165, 1.54) is 11.1 Å². The molecule has 3 N–H and O–H groups in total. The molecule has 0 aliphatic rings. The van der Waals surface area contributed by atoms with Crippen molar-refractivity contribution in [1.82, 2.24) is 14.8 Å². The summed E-state index contributed by atoms with van der Waals surface area (Å²) in [5.74, 6) is -0.531. The fourth-order valence-corrected chi connectivity index (χ4v) is 3.41. The van der Waals surface area contributed by atoms with Gasteiger partial charge in [0, 0.05) is 11.9 Å². The minimum atomic E-state index is -0.531. The highest BCUT2D eigenvalue weighted by molar-refractivity contribution is 5.90. The van der Waals surface area contributed by atoms with Gasteiger partial charge in [-0.1, -0.05) is 36.4 Å². The van der Waals surface area contributed by atoms with Crippen LogP contribution in [0.4, 0.5) is 0 Å². The van der Waals surface area contributed by atoms with Gasteiger partial charge >= 0.3 is 0 Å². The van der Waals surface area contributed by atoms with Gasteiger partial charge < -0.3 is 10.8 Å². The van der Waals surface area contributed by atoms with Crippen molar-refractivity contribution >= 4 is 5.91 Å². The molecule has 2 aromatic carbocycles. The van der Waals surface area contributed by atoms with Crippen LogP contribution in [0.25, 0.3) is 16.8 Å². The van der Waals surface area contributed by atoms with E-state index in [0.29, 0.717) is 5.69 Å². The number of amides is 1. The van der Waals surface area contributed by atoms with Gasteiger partial charge in [0.25, 0.3) is 5.91 Å². The number of benzene rings is 2. The lowest BCUT2D eigenvalue weighted by atomic mass is 10.0. The van der Waals surface area contributed by atoms with E-state index in [1.54, 1.807) is 16.9 Å². The normalized spacial score (nSPS) is 10.9. The first-order valence-electron chi connectivity index (χ1n) is 9.64. The number of rotatable bonds is 6. The summed E-state index contributed by atoms with van der Waals surface area (Å²) >= 11 is 0. The Morgan fingerprint density at radius 1 is 0.967 bits per heavy atom. The number of nitrogens with two attached hydrogens (primary N) is 1. The van der Waals surface area contributed by atoms with Crippen LogP contribution in [0.2, 0.25) is 0 Å². The Hall–Kier alpha value is -3.77. The molecule has 2 heterocycles. The number of hydrogen-bond donors (Lipinski definition) is 2. The Morgan fingerprint density at radius 3 is 2.23 bits per heavy atom. The molecule has 0 aliphatic carbocycles. The summed E-state index contributed by atoms with van der Waals surface area (Å²) in [6.07, 6.45) is 2.52. The summed E-state index contributed by atoms with van der Waals surface area (Å²) in [5, 5.41) is 13.5. The topological polar surface area (TPSA) is 94.0 Å². The van der Waals surface area contributed by atoms with Crippen LogP contribution >= 0.6 is 0 Å². The number of aryl methyl sites for hydroxylation is 1. The molecule has 0 fully saturated rings. The minimum absolute atomic E-state index is 0.0657. The van der Waals surface area contributed by atoms with E-state index < -0.39 is 5.91 Å². The van der Waals surface area contributed by atoms with Gasteiger partial charge in [-0.05, 0) is 65.9 Å². The van der Waals surface area contributed by atoms with Gasteiger partial charge in [0.1, 0.15) is 0 Å². The summed E-state index contributed by atoms with van der Waals surface area (Å²) in [6.45, 7) is 1.82. The number of aliphatic hydroxyl groups is 1. The van der Waals surface area contributed by atoms with Gasteiger partial charge in [-0.15, -0.1) is 0 Å². The Morgan fingerprint density at radius 2 is 1.63 bits per heavy atom. The van der Waals surface area contributed by atoms with E-state index in [-0.39, 0.29) is 12.3 Å². The summed E-state index contributed by atoms with van der Waals surface area (Å²) in [5.41, 5.74) is 12.5. The van der Waals surface area contributed by atoms with Crippen LogP contribution in [0.1, 0.15) is 33.0 Å². The average molecular weight is 398 g/mol. The Kier molecular flexibility index (Phi) is 5.41. The zero-order valence-electron chi connectivity index (χ0n) is 16.6. The van der Waals surface area contributed by atoms with Crippen molar-refractivity contribution in [3.63, 3.8) is 0 Å². The van der Waals surface area contributed by atoms with Crippen LogP contribution in [0, 0.1) is 6.92 Å². The van der Waals surface area contributed by atoms with Gasteiger partial charge in [0.15, 0.2) is 5.69 Å². The summed E-state index contributed by atoms with van der Waals surface area (Å²) in [6, 6.07) is 22.0. The third-order valence-electron chi connectivity index (χ3n) is 4.99. The Bertz CT molecular complexity index is 1180. The Balaban J connectivity index is 1.49. The molecule has 2 aromatic heterocycles. The number of pyridine rings is 1. The molecule has 4 aromatic rings. The maximum atomic E-state index is 11.3. The number of carbonyl (C=O) groups is 1. The lowest BCUT2D eigenvalue weighted by molar-refractivity contribution is 0.0995. The largest absolute Gasteiger partial charge is 0.390 e. The summed E-state index contributed by atoms with van der Waals surface area (Å²) in [4.78, 5) is 15.5. The molecule has 0 radical (unpaired) electrons. The van der Waals surface area contributed by atoms with Crippen molar-refractivity contribution in [2.24, 2.45) is 5.73 Å². The summed E-state index contributed by atoms with van der Waals surface area (Å²) in [7, 11) is 0. The fraction of sp³-hybridized carbons (Fsp3) is 0.125. The number of aliphatic hydroxyl groups excluding tert-OH is 1. The number of primary amides is 1. The molecule has 0 saturated heterocycles. The van der Waals surface area contributed by atoms with Crippen molar-refractivity contribution in [1.29, 1.82) is 0 Å². The van der Waals surface area contributed by atoms with Crippen molar-refractivity contribution in [3.05, 3.63) is 101 Å². The Labute approximate surface area is 174 Å². The molecule has 0 bridgehead atoms. The smallest absolute Gasteiger partial charge is 0.269 e. The first-order chi connectivity index (χ1) is 14.5. The van der Waals surface area contributed by atoms with E-state index in [0.717, 1.165) is 28.9 Å². The quantitative estimate of drug-likeness (QED) is 0.520. The maximum absolute atomic E-state index is 11.3. The number of carbonyl (C=O) groups excluding carboxylic acids is 1. The van der Waals surface area contributed by atoms with Crippen LogP contribution in [0.3, 0.4) is 0 Å². The second kappa shape index (κ2) is 8.31. The van der Waals surface area contributed by atoms with Crippen molar-refractivity contribution in [2.75, 3.05) is 0 Å². The van der Waals surface area contributed by atoms with Crippen molar-refractivity contribution in [2.45, 2.75) is 20.0 Å². The molecule has 4 rings (SSSR count). The third-order valence-corrected chi connectivity index (χ3v) is 4.99. The van der Waals surface area contributed by atoms with E-state index in [9.17, 15) is 9.90 Å². The molecular weight excluding hydrogens is 376 g/mol. The second-order valence-electron chi connectivity index (χ2n) is 7.18. The third kappa shape index (κ3) is 4.14. The van der Waals surface area contributed by atoms with Gasteiger partial charge in [0.2, 0.25) is 0 Å². The van der Waals surface area contributed by atoms with Crippen molar-refractivity contribution < 1.29 is 9.90 Å². The van der Waals surface area contributed by atoms with Crippen LogP contribution in [0.15, 0.2) is 72.9 Å². The zero-order chi connectivity index (χ0) is 21.1. The number of hydrogen-bond acceptors (Lipinski definition) is 4. The molecular formula is C24H22N4O2. The molecule has 6 heteroatoms. The van der Waals surface area contributed by atoms with E-state index >= 15 is 0 Å². The zero-order valence-corrected chi connectivity index (χ0v) is 16.6. The van der Waals surface area contributed by atoms with E-state index in [2.05, 4.69) is 46.5 Å². The minimum Gasteiger partial charge on any atom is -0.390 e. The highest BCUT2D eigenvalue weighted by Gasteiger charge is 2.10. The van der Waals surface area contributed by atoms with Gasteiger partial charge in [0.05, 0.1) is 18.0 Å².